The summed E-state index contributed by atoms with van der Waals surface area (Å²) in [5, 5.41) is 0. The lowest BCUT2D eigenvalue weighted by molar-refractivity contribution is 0.101. The van der Waals surface area contributed by atoms with E-state index in [0.29, 0.717) is 11.1 Å². The Labute approximate surface area is 78.6 Å². The number of benzene rings is 1. The fourth-order valence-corrected chi connectivity index (χ4v) is 0.831. The van der Waals surface area contributed by atoms with Crippen molar-refractivity contribution in [1.82, 2.24) is 0 Å². The van der Waals surface area contributed by atoms with Gasteiger partial charge in [0.05, 0.1) is 0 Å². The highest BCUT2D eigenvalue weighted by molar-refractivity contribution is 5.95. The quantitative estimate of drug-likeness (QED) is 0.515. The molecule has 0 amide bonds. The fraction of sp³-hybridized carbons (Fsp3) is 0.273. The second kappa shape index (κ2) is 6.12. The Morgan fingerprint density at radius 1 is 1.31 bits per heavy atom. The van der Waals surface area contributed by atoms with Crippen LogP contribution >= 0.6 is 0 Å². The molecule has 0 aliphatic rings. The van der Waals surface area contributed by atoms with Crippen LogP contribution in [-0.2, 0) is 0 Å². The van der Waals surface area contributed by atoms with Gasteiger partial charge in [0.15, 0.2) is 5.78 Å². The van der Waals surface area contributed by atoms with Gasteiger partial charge in [-0.25, -0.2) is 0 Å². The van der Waals surface area contributed by atoms with Crippen LogP contribution in [0.15, 0.2) is 24.3 Å². The number of aldehydes is 1. The second-order valence-electron chi connectivity index (χ2n) is 2.30. The Kier molecular flexibility index (Phi) is 5.44. The molecule has 70 valence electrons. The van der Waals surface area contributed by atoms with Crippen LogP contribution in [0.1, 0.15) is 41.5 Å². The summed E-state index contributed by atoms with van der Waals surface area (Å²) in [7, 11) is 0. The first-order valence-electron chi connectivity index (χ1n) is 4.30. The third-order valence-electron chi connectivity index (χ3n) is 1.43. The van der Waals surface area contributed by atoms with Crippen LogP contribution in [0.3, 0.4) is 0 Å². The van der Waals surface area contributed by atoms with Gasteiger partial charge in [-0.15, -0.1) is 0 Å². The van der Waals surface area contributed by atoms with Gasteiger partial charge in [0.1, 0.15) is 6.29 Å². The Balaban J connectivity index is 0.000000671. The number of rotatable bonds is 2. The van der Waals surface area contributed by atoms with E-state index < -0.39 is 0 Å². The Bertz CT molecular complexity index is 290. The molecule has 2 nitrogen and oxygen atoms in total. The van der Waals surface area contributed by atoms with Crippen LogP contribution in [-0.4, -0.2) is 12.1 Å². The van der Waals surface area contributed by atoms with Gasteiger partial charge in [0.25, 0.3) is 0 Å². The SMILES string of the molecule is CC.CC(=O)c1cccc(C=O)c1. The van der Waals surface area contributed by atoms with Gasteiger partial charge < -0.3 is 0 Å². The maximum absolute atomic E-state index is 10.8. The Morgan fingerprint density at radius 3 is 2.38 bits per heavy atom. The molecule has 0 heterocycles. The topological polar surface area (TPSA) is 34.1 Å². The van der Waals surface area contributed by atoms with Crippen LogP contribution in [0.4, 0.5) is 0 Å². The van der Waals surface area contributed by atoms with Crippen molar-refractivity contribution in [3.8, 4) is 0 Å². The largest absolute Gasteiger partial charge is 0.298 e. The molecule has 0 N–H and O–H groups in total. The molecule has 0 aliphatic heterocycles. The van der Waals surface area contributed by atoms with E-state index in [4.69, 9.17) is 0 Å². The highest BCUT2D eigenvalue weighted by atomic mass is 16.1. The van der Waals surface area contributed by atoms with E-state index in [0.717, 1.165) is 6.29 Å². The summed E-state index contributed by atoms with van der Waals surface area (Å²) in [5.74, 6) is -0.0197. The van der Waals surface area contributed by atoms with Gasteiger partial charge in [-0.05, 0) is 13.0 Å². The molecular formula is C11H14O2. The minimum absolute atomic E-state index is 0.0197. The average molecular weight is 178 g/mol. The molecule has 13 heavy (non-hydrogen) atoms. The van der Waals surface area contributed by atoms with E-state index in [1.54, 1.807) is 24.3 Å². The molecule has 0 atom stereocenters. The molecule has 1 rings (SSSR count). The van der Waals surface area contributed by atoms with Crippen molar-refractivity contribution in [2.45, 2.75) is 20.8 Å². The maximum atomic E-state index is 10.8. The van der Waals surface area contributed by atoms with E-state index >= 15 is 0 Å². The second-order valence-corrected chi connectivity index (χ2v) is 2.30. The third kappa shape index (κ3) is 3.65. The van der Waals surface area contributed by atoms with Crippen molar-refractivity contribution in [3.05, 3.63) is 35.4 Å². The minimum atomic E-state index is -0.0197. The number of carbonyl (C=O) groups is 2. The van der Waals surface area contributed by atoms with Crippen LogP contribution < -0.4 is 0 Å². The third-order valence-corrected chi connectivity index (χ3v) is 1.43. The molecular weight excluding hydrogens is 164 g/mol. The molecule has 0 aromatic heterocycles. The van der Waals surface area contributed by atoms with E-state index in [2.05, 4.69) is 0 Å². The Morgan fingerprint density at radius 2 is 1.92 bits per heavy atom. The Hall–Kier alpha value is -1.44. The van der Waals surface area contributed by atoms with Gasteiger partial charge in [0.2, 0.25) is 0 Å². The number of carbonyl (C=O) groups excluding carboxylic acids is 2. The first kappa shape index (κ1) is 11.6. The van der Waals surface area contributed by atoms with Crippen LogP contribution in [0.2, 0.25) is 0 Å². The molecule has 0 saturated carbocycles. The normalized spacial score (nSPS) is 8.23. The summed E-state index contributed by atoms with van der Waals surface area (Å²) in [5.41, 5.74) is 1.12. The molecule has 0 fully saturated rings. The monoisotopic (exact) mass is 178 g/mol. The molecule has 2 heteroatoms. The zero-order valence-corrected chi connectivity index (χ0v) is 8.20. The van der Waals surface area contributed by atoms with Crippen LogP contribution in [0.5, 0.6) is 0 Å². The predicted molar refractivity (Wildman–Crippen MR) is 53.2 cm³/mol. The zero-order chi connectivity index (χ0) is 10.3. The van der Waals surface area contributed by atoms with E-state index in [1.807, 2.05) is 13.8 Å². The number of Topliss-reactive ketones (excluding diaryl/α,β-unsaturated/α-hetero) is 1. The number of hydrogen-bond acceptors (Lipinski definition) is 2. The molecule has 1 aromatic carbocycles. The van der Waals surface area contributed by atoms with Gasteiger partial charge >= 0.3 is 0 Å². The average Bonchev–Trinajstić information content (AvgIpc) is 2.21. The fourth-order valence-electron chi connectivity index (χ4n) is 0.831. The van der Waals surface area contributed by atoms with Crippen molar-refractivity contribution < 1.29 is 9.59 Å². The van der Waals surface area contributed by atoms with Crippen molar-refractivity contribution >= 4 is 12.1 Å². The highest BCUT2D eigenvalue weighted by Crippen LogP contribution is 2.03. The first-order valence-corrected chi connectivity index (χ1v) is 4.30. The van der Waals surface area contributed by atoms with Crippen molar-refractivity contribution in [2.75, 3.05) is 0 Å². The van der Waals surface area contributed by atoms with Crippen LogP contribution in [0.25, 0.3) is 0 Å². The van der Waals surface area contributed by atoms with Gasteiger partial charge in [0, 0.05) is 11.1 Å². The van der Waals surface area contributed by atoms with Crippen molar-refractivity contribution in [3.63, 3.8) is 0 Å². The molecule has 0 radical (unpaired) electrons. The number of ketones is 1. The van der Waals surface area contributed by atoms with Crippen LogP contribution in [0, 0.1) is 0 Å². The van der Waals surface area contributed by atoms with Gasteiger partial charge in [-0.1, -0.05) is 32.0 Å². The van der Waals surface area contributed by atoms with Gasteiger partial charge in [-0.2, -0.15) is 0 Å². The number of hydrogen-bond donors (Lipinski definition) is 0. The summed E-state index contributed by atoms with van der Waals surface area (Å²) in [4.78, 5) is 21.1. The first-order chi connectivity index (χ1) is 6.24. The van der Waals surface area contributed by atoms with E-state index in [1.165, 1.54) is 6.92 Å². The predicted octanol–water partition coefficient (Wildman–Crippen LogP) is 2.73. The minimum Gasteiger partial charge on any atom is -0.298 e. The van der Waals surface area contributed by atoms with Gasteiger partial charge in [-0.3, -0.25) is 9.59 Å². The smallest absolute Gasteiger partial charge is 0.159 e. The summed E-state index contributed by atoms with van der Waals surface area (Å²) in [6.45, 7) is 5.48. The molecule has 0 unspecified atom stereocenters. The summed E-state index contributed by atoms with van der Waals surface area (Å²) in [6.07, 6.45) is 0.729. The summed E-state index contributed by atoms with van der Waals surface area (Å²) in [6, 6.07) is 6.63. The zero-order valence-electron chi connectivity index (χ0n) is 8.20. The summed E-state index contributed by atoms with van der Waals surface area (Å²) < 4.78 is 0. The van der Waals surface area contributed by atoms with E-state index in [9.17, 15) is 9.59 Å². The lowest BCUT2D eigenvalue weighted by atomic mass is 10.1. The molecule has 0 spiro atoms. The summed E-state index contributed by atoms with van der Waals surface area (Å²) >= 11 is 0. The van der Waals surface area contributed by atoms with Crippen molar-refractivity contribution in [2.24, 2.45) is 0 Å². The van der Waals surface area contributed by atoms with Crippen molar-refractivity contribution in [1.29, 1.82) is 0 Å². The molecule has 0 aliphatic carbocycles. The highest BCUT2D eigenvalue weighted by Gasteiger charge is 1.98. The molecule has 0 saturated heterocycles. The lowest BCUT2D eigenvalue weighted by Crippen LogP contribution is -1.92. The molecule has 1 aromatic rings. The molecule has 0 bridgehead atoms. The maximum Gasteiger partial charge on any atom is 0.159 e. The lowest BCUT2D eigenvalue weighted by Gasteiger charge is -1.94. The van der Waals surface area contributed by atoms with E-state index in [-0.39, 0.29) is 5.78 Å². The standard InChI is InChI=1S/C9H8O2.C2H6/c1-7(11)9-4-2-3-8(5-9)6-10;1-2/h2-6H,1H3;1-2H3.